The number of nitrogens with zero attached hydrogens (tertiary/aromatic N) is 2. The minimum Gasteiger partial charge on any atom is -0.494 e. The Morgan fingerprint density at radius 1 is 1.56 bits per heavy atom. The van der Waals surface area contributed by atoms with Crippen LogP contribution in [0.2, 0.25) is 0 Å². The summed E-state index contributed by atoms with van der Waals surface area (Å²) in [6.07, 6.45) is 1.06. The first-order valence-corrected chi connectivity index (χ1v) is 7.12. The summed E-state index contributed by atoms with van der Waals surface area (Å²) < 4.78 is 6.69. The number of hydrogen-bond donors (Lipinski definition) is 1. The molecule has 2 N–H and O–H groups in total. The summed E-state index contributed by atoms with van der Waals surface area (Å²) in [6.45, 7) is 4.61. The highest BCUT2D eigenvalue weighted by Gasteiger charge is 2.21. The van der Waals surface area contributed by atoms with Crippen molar-refractivity contribution in [3.8, 4) is 5.75 Å². The van der Waals surface area contributed by atoms with Crippen LogP contribution in [0.3, 0.4) is 0 Å². The van der Waals surface area contributed by atoms with E-state index < -0.39 is 0 Å². The highest BCUT2D eigenvalue weighted by atomic mass is 32.1. The van der Waals surface area contributed by atoms with Crippen LogP contribution in [-0.2, 0) is 0 Å². The molecule has 4 nitrogen and oxygen atoms in total. The molecule has 0 radical (unpaired) electrons. The quantitative estimate of drug-likeness (QED) is 0.922. The Bertz CT molecular complexity index is 554. The fraction of sp³-hybridized carbons (Fsp3) is 0.462. The minimum atomic E-state index is 0.288. The topological polar surface area (TPSA) is 51.4 Å². The molecule has 1 atom stereocenters. The highest BCUT2D eigenvalue weighted by Crippen LogP contribution is 2.32. The molecule has 0 aliphatic carbocycles. The van der Waals surface area contributed by atoms with E-state index in [1.165, 1.54) is 4.70 Å². The van der Waals surface area contributed by atoms with Gasteiger partial charge in [0.15, 0.2) is 5.13 Å². The predicted molar refractivity (Wildman–Crippen MR) is 75.6 cm³/mol. The standard InChI is InChI=1S/C13H17N3OS/c1-2-17-10-3-4-11-12(7-10)18-13(15-11)16-6-5-9(14)8-16/h3-4,7,9H,2,5-6,8,14H2,1H3. The molecule has 1 unspecified atom stereocenters. The number of fused-ring (bicyclic) bond motifs is 1. The normalized spacial score (nSPS) is 19.7. The van der Waals surface area contributed by atoms with Crippen molar-refractivity contribution in [1.29, 1.82) is 0 Å². The monoisotopic (exact) mass is 263 g/mol. The van der Waals surface area contributed by atoms with E-state index in [9.17, 15) is 0 Å². The van der Waals surface area contributed by atoms with Crippen molar-refractivity contribution in [1.82, 2.24) is 4.98 Å². The number of thiazole rings is 1. The molecule has 18 heavy (non-hydrogen) atoms. The SMILES string of the molecule is CCOc1ccc2nc(N3CCC(N)C3)sc2c1. The molecule has 5 heteroatoms. The van der Waals surface area contributed by atoms with Crippen molar-refractivity contribution >= 4 is 26.7 Å². The van der Waals surface area contributed by atoms with E-state index in [1.807, 2.05) is 19.1 Å². The molecule has 0 bridgehead atoms. The summed E-state index contributed by atoms with van der Waals surface area (Å²) in [7, 11) is 0. The Labute approximate surface area is 110 Å². The fourth-order valence-corrected chi connectivity index (χ4v) is 3.27. The molecular formula is C13H17N3OS. The molecule has 1 aromatic carbocycles. The first-order chi connectivity index (χ1) is 8.76. The molecule has 0 saturated carbocycles. The number of rotatable bonds is 3. The lowest BCUT2D eigenvalue weighted by Crippen LogP contribution is -2.26. The van der Waals surface area contributed by atoms with Crippen molar-refractivity contribution in [2.24, 2.45) is 5.73 Å². The van der Waals surface area contributed by atoms with Crippen LogP contribution in [0.25, 0.3) is 10.2 Å². The predicted octanol–water partition coefficient (Wildman–Crippen LogP) is 2.23. The van der Waals surface area contributed by atoms with Gasteiger partial charge < -0.3 is 15.4 Å². The second kappa shape index (κ2) is 4.74. The highest BCUT2D eigenvalue weighted by molar-refractivity contribution is 7.22. The Morgan fingerprint density at radius 2 is 2.44 bits per heavy atom. The number of aromatic nitrogens is 1. The van der Waals surface area contributed by atoms with Gasteiger partial charge in [0.05, 0.1) is 16.8 Å². The Morgan fingerprint density at radius 3 is 3.17 bits per heavy atom. The average molecular weight is 263 g/mol. The van der Waals surface area contributed by atoms with Crippen LogP contribution < -0.4 is 15.4 Å². The second-order valence-corrected chi connectivity index (χ2v) is 5.56. The summed E-state index contributed by atoms with van der Waals surface area (Å²) in [5, 5.41) is 1.08. The maximum Gasteiger partial charge on any atom is 0.186 e. The first kappa shape index (κ1) is 11.7. The third-order valence-corrected chi connectivity index (χ3v) is 4.23. The molecule has 1 aliphatic rings. The van der Waals surface area contributed by atoms with E-state index in [1.54, 1.807) is 11.3 Å². The van der Waals surface area contributed by atoms with E-state index in [2.05, 4.69) is 16.0 Å². The summed E-state index contributed by atoms with van der Waals surface area (Å²) in [5.41, 5.74) is 6.98. The molecule has 1 fully saturated rings. The number of benzene rings is 1. The molecule has 0 spiro atoms. The summed E-state index contributed by atoms with van der Waals surface area (Å²) in [6, 6.07) is 6.35. The van der Waals surface area contributed by atoms with Gasteiger partial charge in [-0.25, -0.2) is 4.98 Å². The molecule has 1 saturated heterocycles. The lowest BCUT2D eigenvalue weighted by Gasteiger charge is -2.12. The molecule has 1 aromatic heterocycles. The Hall–Kier alpha value is -1.33. The molecule has 2 aromatic rings. The van der Waals surface area contributed by atoms with Gasteiger partial charge in [0, 0.05) is 19.1 Å². The lowest BCUT2D eigenvalue weighted by molar-refractivity contribution is 0.341. The van der Waals surface area contributed by atoms with Crippen LogP contribution in [-0.4, -0.2) is 30.7 Å². The van der Waals surface area contributed by atoms with Crippen LogP contribution >= 0.6 is 11.3 Å². The van der Waals surface area contributed by atoms with E-state index in [4.69, 9.17) is 10.5 Å². The zero-order chi connectivity index (χ0) is 12.5. The smallest absolute Gasteiger partial charge is 0.186 e. The third kappa shape index (κ3) is 2.15. The van der Waals surface area contributed by atoms with Crippen LogP contribution in [0, 0.1) is 0 Å². The second-order valence-electron chi connectivity index (χ2n) is 4.55. The van der Waals surface area contributed by atoms with Gasteiger partial charge in [-0.3, -0.25) is 0 Å². The van der Waals surface area contributed by atoms with E-state index >= 15 is 0 Å². The summed E-state index contributed by atoms with van der Waals surface area (Å²) >= 11 is 1.72. The number of nitrogens with two attached hydrogens (primary N) is 1. The van der Waals surface area contributed by atoms with Gasteiger partial charge >= 0.3 is 0 Å². The molecular weight excluding hydrogens is 246 g/mol. The lowest BCUT2D eigenvalue weighted by atomic mass is 10.3. The van der Waals surface area contributed by atoms with Gasteiger partial charge in [0.1, 0.15) is 5.75 Å². The molecule has 2 heterocycles. The van der Waals surface area contributed by atoms with Crippen molar-refractivity contribution in [3.05, 3.63) is 18.2 Å². The third-order valence-electron chi connectivity index (χ3n) is 3.15. The van der Waals surface area contributed by atoms with Gasteiger partial charge in [-0.05, 0) is 31.5 Å². The van der Waals surface area contributed by atoms with Crippen LogP contribution in [0.5, 0.6) is 5.75 Å². The van der Waals surface area contributed by atoms with E-state index in [-0.39, 0.29) is 6.04 Å². The van der Waals surface area contributed by atoms with E-state index in [0.29, 0.717) is 6.61 Å². The zero-order valence-corrected chi connectivity index (χ0v) is 11.2. The number of ether oxygens (including phenoxy) is 1. The van der Waals surface area contributed by atoms with Gasteiger partial charge in [-0.15, -0.1) is 0 Å². The molecule has 96 valence electrons. The van der Waals surface area contributed by atoms with Gasteiger partial charge in [-0.2, -0.15) is 0 Å². The van der Waals surface area contributed by atoms with E-state index in [0.717, 1.165) is 35.9 Å². The first-order valence-electron chi connectivity index (χ1n) is 6.30. The molecule has 1 aliphatic heterocycles. The number of anilines is 1. The van der Waals surface area contributed by atoms with Crippen molar-refractivity contribution < 1.29 is 4.74 Å². The maximum atomic E-state index is 5.94. The number of hydrogen-bond acceptors (Lipinski definition) is 5. The summed E-state index contributed by atoms with van der Waals surface area (Å²) in [5.74, 6) is 0.915. The van der Waals surface area contributed by atoms with Crippen LogP contribution in [0.1, 0.15) is 13.3 Å². The minimum absolute atomic E-state index is 0.288. The van der Waals surface area contributed by atoms with Gasteiger partial charge in [0.25, 0.3) is 0 Å². The van der Waals surface area contributed by atoms with Crippen LogP contribution in [0.4, 0.5) is 5.13 Å². The molecule has 3 rings (SSSR count). The van der Waals surface area contributed by atoms with Crippen molar-refractivity contribution in [3.63, 3.8) is 0 Å². The van der Waals surface area contributed by atoms with Gasteiger partial charge in [0.2, 0.25) is 0 Å². The fourth-order valence-electron chi connectivity index (χ4n) is 2.25. The van der Waals surface area contributed by atoms with Crippen LogP contribution in [0.15, 0.2) is 18.2 Å². The Kier molecular flexibility index (Phi) is 3.09. The largest absolute Gasteiger partial charge is 0.494 e. The van der Waals surface area contributed by atoms with Crippen molar-refractivity contribution in [2.75, 3.05) is 24.6 Å². The zero-order valence-electron chi connectivity index (χ0n) is 10.4. The van der Waals surface area contributed by atoms with Gasteiger partial charge in [-0.1, -0.05) is 11.3 Å². The Balaban J connectivity index is 1.90. The maximum absolute atomic E-state index is 5.94. The average Bonchev–Trinajstić information content (AvgIpc) is 2.94. The summed E-state index contributed by atoms with van der Waals surface area (Å²) in [4.78, 5) is 6.94. The molecule has 0 amide bonds. The van der Waals surface area contributed by atoms with Crippen molar-refractivity contribution in [2.45, 2.75) is 19.4 Å².